The lowest BCUT2D eigenvalue weighted by molar-refractivity contribution is 0.414. The van der Waals surface area contributed by atoms with Crippen molar-refractivity contribution in [2.24, 2.45) is 0 Å². The summed E-state index contributed by atoms with van der Waals surface area (Å²) in [5.41, 5.74) is 3.71. The molecule has 4 aromatic rings. The summed E-state index contributed by atoms with van der Waals surface area (Å²) in [6.45, 7) is 2.11. The van der Waals surface area contributed by atoms with Gasteiger partial charge < -0.3 is 4.74 Å². The molecular formula is C19H18N4OS. The van der Waals surface area contributed by atoms with Gasteiger partial charge in [0.1, 0.15) is 10.8 Å². The lowest BCUT2D eigenvalue weighted by Gasteiger charge is -2.03. The Morgan fingerprint density at radius 1 is 1.00 bits per heavy atom. The number of fused-ring (bicyclic) bond motifs is 1. The van der Waals surface area contributed by atoms with E-state index in [1.54, 1.807) is 18.4 Å². The van der Waals surface area contributed by atoms with Crippen LogP contribution in [0, 0.1) is 6.92 Å². The monoisotopic (exact) mass is 350 g/mol. The van der Waals surface area contributed by atoms with Crippen LogP contribution in [-0.2, 0) is 12.8 Å². The minimum absolute atomic E-state index is 0.736. The molecule has 0 aliphatic carbocycles. The van der Waals surface area contributed by atoms with Gasteiger partial charge in [0, 0.05) is 12.8 Å². The van der Waals surface area contributed by atoms with E-state index in [1.807, 2.05) is 22.7 Å². The van der Waals surface area contributed by atoms with Crippen LogP contribution in [0.1, 0.15) is 27.5 Å². The van der Waals surface area contributed by atoms with E-state index in [0.717, 1.165) is 34.4 Å². The first-order valence-electron chi connectivity index (χ1n) is 8.10. The Morgan fingerprint density at radius 3 is 2.56 bits per heavy atom. The van der Waals surface area contributed by atoms with Crippen LogP contribution in [-0.4, -0.2) is 26.9 Å². The topological polar surface area (TPSA) is 52.3 Å². The number of ether oxygens (including phenoxy) is 1. The van der Waals surface area contributed by atoms with Gasteiger partial charge in [-0.3, -0.25) is 0 Å². The van der Waals surface area contributed by atoms with Crippen LogP contribution in [0.3, 0.4) is 0 Å². The molecule has 0 unspecified atom stereocenters. The van der Waals surface area contributed by atoms with Crippen LogP contribution in [0.5, 0.6) is 5.75 Å². The quantitative estimate of drug-likeness (QED) is 0.551. The van der Waals surface area contributed by atoms with E-state index in [0.29, 0.717) is 0 Å². The van der Waals surface area contributed by atoms with E-state index in [-0.39, 0.29) is 0 Å². The van der Waals surface area contributed by atoms with Crippen molar-refractivity contribution in [3.05, 3.63) is 76.1 Å². The summed E-state index contributed by atoms with van der Waals surface area (Å²) in [5, 5.41) is 14.3. The summed E-state index contributed by atoms with van der Waals surface area (Å²) in [4.78, 5) is 0.840. The average molecular weight is 350 g/mol. The molecule has 126 valence electrons. The highest BCUT2D eigenvalue weighted by Gasteiger charge is 2.13. The van der Waals surface area contributed by atoms with Crippen molar-refractivity contribution < 1.29 is 4.74 Å². The van der Waals surface area contributed by atoms with Gasteiger partial charge >= 0.3 is 0 Å². The van der Waals surface area contributed by atoms with Crippen LogP contribution in [0.15, 0.2) is 48.5 Å². The molecule has 0 amide bonds. The van der Waals surface area contributed by atoms with Gasteiger partial charge in [-0.25, -0.2) is 0 Å². The molecule has 0 aliphatic heterocycles. The van der Waals surface area contributed by atoms with Gasteiger partial charge in [-0.1, -0.05) is 47.7 Å². The summed E-state index contributed by atoms with van der Waals surface area (Å²) < 4.78 is 7.07. The maximum absolute atomic E-state index is 5.20. The van der Waals surface area contributed by atoms with Crippen molar-refractivity contribution in [1.29, 1.82) is 0 Å². The molecule has 25 heavy (non-hydrogen) atoms. The SMILES string of the molecule is COc1ccc(Cc2nn3c(Cc4ccccc4C)nnc3s2)cc1. The Balaban J connectivity index is 1.58. The number of methoxy groups -OCH3 is 1. The fourth-order valence-electron chi connectivity index (χ4n) is 2.78. The minimum atomic E-state index is 0.736. The maximum atomic E-state index is 5.20. The molecule has 2 aromatic carbocycles. The van der Waals surface area contributed by atoms with Crippen molar-refractivity contribution in [3.63, 3.8) is 0 Å². The maximum Gasteiger partial charge on any atom is 0.234 e. The zero-order valence-electron chi connectivity index (χ0n) is 14.1. The normalized spacial score (nSPS) is 11.1. The van der Waals surface area contributed by atoms with Crippen LogP contribution in [0.2, 0.25) is 0 Å². The van der Waals surface area contributed by atoms with E-state index >= 15 is 0 Å². The fourth-order valence-corrected chi connectivity index (χ4v) is 3.66. The molecule has 0 fully saturated rings. The van der Waals surface area contributed by atoms with E-state index in [4.69, 9.17) is 9.84 Å². The van der Waals surface area contributed by atoms with Gasteiger partial charge in [-0.2, -0.15) is 9.61 Å². The molecule has 2 aromatic heterocycles. The number of benzene rings is 2. The largest absolute Gasteiger partial charge is 0.497 e. The number of hydrogen-bond acceptors (Lipinski definition) is 5. The van der Waals surface area contributed by atoms with Gasteiger partial charge in [0.2, 0.25) is 4.96 Å². The lowest BCUT2D eigenvalue weighted by atomic mass is 10.1. The number of rotatable bonds is 5. The molecular weight excluding hydrogens is 332 g/mol. The molecule has 0 radical (unpaired) electrons. The zero-order chi connectivity index (χ0) is 17.2. The predicted octanol–water partition coefficient (Wildman–Crippen LogP) is 3.68. The zero-order valence-corrected chi connectivity index (χ0v) is 15.0. The Hall–Kier alpha value is -2.73. The molecule has 0 N–H and O–H groups in total. The Labute approximate surface area is 149 Å². The van der Waals surface area contributed by atoms with Crippen LogP contribution in [0.25, 0.3) is 4.96 Å². The molecule has 0 bridgehead atoms. The van der Waals surface area contributed by atoms with Gasteiger partial charge in [0.15, 0.2) is 5.82 Å². The summed E-state index contributed by atoms with van der Waals surface area (Å²) in [6, 6.07) is 16.4. The third kappa shape index (κ3) is 3.25. The number of aryl methyl sites for hydroxylation is 1. The molecule has 0 saturated carbocycles. The predicted molar refractivity (Wildman–Crippen MR) is 98.4 cm³/mol. The molecule has 6 heteroatoms. The summed E-state index contributed by atoms with van der Waals surface area (Å²) >= 11 is 1.58. The Morgan fingerprint density at radius 2 is 1.80 bits per heavy atom. The van der Waals surface area contributed by atoms with Crippen molar-refractivity contribution in [1.82, 2.24) is 19.8 Å². The number of aromatic nitrogens is 4. The second-order valence-electron chi connectivity index (χ2n) is 5.93. The summed E-state index contributed by atoms with van der Waals surface area (Å²) in [5.74, 6) is 1.74. The highest BCUT2D eigenvalue weighted by molar-refractivity contribution is 7.16. The third-order valence-electron chi connectivity index (χ3n) is 4.22. The van der Waals surface area contributed by atoms with E-state index < -0.39 is 0 Å². The second-order valence-corrected chi connectivity index (χ2v) is 6.98. The Kier molecular flexibility index (Phi) is 4.19. The summed E-state index contributed by atoms with van der Waals surface area (Å²) in [7, 11) is 1.67. The second kappa shape index (κ2) is 6.64. The van der Waals surface area contributed by atoms with Crippen LogP contribution in [0.4, 0.5) is 0 Å². The van der Waals surface area contributed by atoms with Gasteiger partial charge in [0.05, 0.1) is 7.11 Å². The first-order valence-corrected chi connectivity index (χ1v) is 8.92. The first-order chi connectivity index (χ1) is 12.2. The average Bonchev–Trinajstić information content (AvgIpc) is 3.19. The minimum Gasteiger partial charge on any atom is -0.497 e. The number of nitrogens with zero attached hydrogens (tertiary/aromatic N) is 4. The first kappa shape index (κ1) is 15.8. The van der Waals surface area contributed by atoms with Crippen LogP contribution < -0.4 is 4.74 Å². The van der Waals surface area contributed by atoms with Crippen molar-refractivity contribution in [2.75, 3.05) is 7.11 Å². The summed E-state index contributed by atoms with van der Waals surface area (Å²) in [6.07, 6.45) is 1.52. The standard InChI is InChI=1S/C19H18N4OS/c1-13-5-3-4-6-15(13)12-17-20-21-19-23(17)22-18(25-19)11-14-7-9-16(24-2)10-8-14/h3-10H,11-12H2,1-2H3. The van der Waals surface area contributed by atoms with E-state index in [1.165, 1.54) is 16.7 Å². The molecule has 0 aliphatic rings. The molecule has 0 spiro atoms. The van der Waals surface area contributed by atoms with Crippen molar-refractivity contribution >= 4 is 16.3 Å². The molecule has 2 heterocycles. The van der Waals surface area contributed by atoms with Crippen molar-refractivity contribution in [3.8, 4) is 5.75 Å². The van der Waals surface area contributed by atoms with E-state index in [9.17, 15) is 0 Å². The highest BCUT2D eigenvalue weighted by Crippen LogP contribution is 2.21. The van der Waals surface area contributed by atoms with Gasteiger partial charge in [0.25, 0.3) is 0 Å². The van der Waals surface area contributed by atoms with Gasteiger partial charge in [-0.05, 0) is 35.7 Å². The lowest BCUT2D eigenvalue weighted by Crippen LogP contribution is -2.00. The fraction of sp³-hybridized carbons (Fsp3) is 0.211. The smallest absolute Gasteiger partial charge is 0.234 e. The van der Waals surface area contributed by atoms with Crippen LogP contribution >= 0.6 is 11.3 Å². The Bertz CT molecular complexity index is 1000. The van der Waals surface area contributed by atoms with Gasteiger partial charge in [-0.15, -0.1) is 10.2 Å². The van der Waals surface area contributed by atoms with E-state index in [2.05, 4.69) is 47.5 Å². The molecule has 5 nitrogen and oxygen atoms in total. The third-order valence-corrected chi connectivity index (χ3v) is 5.12. The highest BCUT2D eigenvalue weighted by atomic mass is 32.1. The molecule has 4 rings (SSSR count). The van der Waals surface area contributed by atoms with Crippen molar-refractivity contribution in [2.45, 2.75) is 19.8 Å². The number of hydrogen-bond donors (Lipinski definition) is 0. The molecule has 0 atom stereocenters. The molecule has 0 saturated heterocycles.